The van der Waals surface area contributed by atoms with Crippen LogP contribution in [-0.2, 0) is 6.42 Å². The third-order valence-corrected chi connectivity index (χ3v) is 3.26. The second-order valence-corrected chi connectivity index (χ2v) is 5.20. The number of fused-ring (bicyclic) bond motifs is 1. The maximum absolute atomic E-state index is 8.89. The first-order valence-corrected chi connectivity index (χ1v) is 5.83. The van der Waals surface area contributed by atoms with Crippen LogP contribution in [0.25, 0.3) is 6.08 Å². The van der Waals surface area contributed by atoms with Crippen molar-refractivity contribution in [1.29, 1.82) is 5.26 Å². The van der Waals surface area contributed by atoms with Crippen LogP contribution in [0, 0.1) is 16.7 Å². The van der Waals surface area contributed by atoms with Crippen molar-refractivity contribution >= 4 is 6.08 Å². The minimum absolute atomic E-state index is 0.278. The number of benzene rings is 1. The van der Waals surface area contributed by atoms with E-state index < -0.39 is 0 Å². The summed E-state index contributed by atoms with van der Waals surface area (Å²) >= 11 is 0. The maximum atomic E-state index is 8.89. The van der Waals surface area contributed by atoms with Crippen molar-refractivity contribution in [3.8, 4) is 6.07 Å². The molecule has 0 saturated carbocycles. The second kappa shape index (κ2) is 4.14. The predicted octanol–water partition coefficient (Wildman–Crippen LogP) is 3.93. The maximum Gasteiger partial charge on any atom is 0.0991 e. The first-order valence-electron chi connectivity index (χ1n) is 5.83. The van der Waals surface area contributed by atoms with Gasteiger partial charge >= 0.3 is 0 Å². The molecule has 0 atom stereocenters. The van der Waals surface area contributed by atoms with Gasteiger partial charge in [0.25, 0.3) is 0 Å². The molecule has 82 valence electrons. The van der Waals surface area contributed by atoms with Gasteiger partial charge in [-0.15, -0.1) is 0 Å². The summed E-state index contributed by atoms with van der Waals surface area (Å²) in [5.41, 5.74) is 3.61. The Hall–Kier alpha value is -1.55. The van der Waals surface area contributed by atoms with Crippen LogP contribution in [0.4, 0.5) is 0 Å². The van der Waals surface area contributed by atoms with Crippen LogP contribution in [0.2, 0.25) is 0 Å². The molecule has 1 aliphatic rings. The van der Waals surface area contributed by atoms with Crippen LogP contribution >= 0.6 is 0 Å². The Morgan fingerprint density at radius 1 is 1.31 bits per heavy atom. The number of hydrogen-bond acceptors (Lipinski definition) is 1. The van der Waals surface area contributed by atoms with Gasteiger partial charge in [-0.1, -0.05) is 32.1 Å². The summed E-state index contributed by atoms with van der Waals surface area (Å²) in [6.45, 7) is 4.53. The van der Waals surface area contributed by atoms with Crippen LogP contribution in [0.1, 0.15) is 43.4 Å². The Bertz CT molecular complexity index is 461. The zero-order valence-electron chi connectivity index (χ0n) is 9.96. The standard InChI is InChI=1S/C15H17N/c1-15(2)8-3-4-13-6-5-12(11-16)10-14(13)7-9-15/h5-7,9-10H,3-4,8H2,1-2H3/b9-7-. The van der Waals surface area contributed by atoms with E-state index in [-0.39, 0.29) is 5.41 Å². The molecule has 0 fully saturated rings. The molecule has 0 aromatic heterocycles. The highest BCUT2D eigenvalue weighted by Crippen LogP contribution is 2.30. The number of hydrogen-bond donors (Lipinski definition) is 0. The lowest BCUT2D eigenvalue weighted by Crippen LogP contribution is -2.09. The molecule has 1 aromatic rings. The van der Waals surface area contributed by atoms with Crippen LogP contribution in [-0.4, -0.2) is 0 Å². The third kappa shape index (κ3) is 2.33. The molecule has 1 aliphatic carbocycles. The second-order valence-electron chi connectivity index (χ2n) is 5.20. The molecule has 0 amide bonds. The smallest absolute Gasteiger partial charge is 0.0991 e. The summed E-state index contributed by atoms with van der Waals surface area (Å²) in [6.07, 6.45) is 8.01. The Morgan fingerprint density at radius 3 is 2.88 bits per heavy atom. The molecular weight excluding hydrogens is 194 g/mol. The van der Waals surface area contributed by atoms with Crippen LogP contribution in [0.3, 0.4) is 0 Å². The summed E-state index contributed by atoms with van der Waals surface area (Å²) < 4.78 is 0. The highest BCUT2D eigenvalue weighted by molar-refractivity contribution is 5.57. The summed E-state index contributed by atoms with van der Waals surface area (Å²) in [6, 6.07) is 8.20. The fourth-order valence-corrected chi connectivity index (χ4v) is 2.18. The van der Waals surface area contributed by atoms with Crippen molar-refractivity contribution in [2.45, 2.75) is 33.1 Å². The number of nitrogens with zero attached hydrogens (tertiary/aromatic N) is 1. The van der Waals surface area contributed by atoms with Crippen molar-refractivity contribution < 1.29 is 0 Å². The van der Waals surface area contributed by atoms with E-state index >= 15 is 0 Å². The average molecular weight is 211 g/mol. The molecule has 0 heterocycles. The van der Waals surface area contributed by atoms with Gasteiger partial charge in [-0.3, -0.25) is 0 Å². The average Bonchev–Trinajstić information content (AvgIpc) is 2.25. The minimum Gasteiger partial charge on any atom is -0.192 e. The molecule has 1 heteroatoms. The zero-order valence-corrected chi connectivity index (χ0v) is 9.96. The molecular formula is C15H17N. The van der Waals surface area contributed by atoms with E-state index in [1.807, 2.05) is 12.1 Å². The van der Waals surface area contributed by atoms with Gasteiger partial charge in [0.1, 0.15) is 0 Å². The Kier molecular flexibility index (Phi) is 2.83. The molecule has 0 aliphatic heterocycles. The number of allylic oxidation sites excluding steroid dienone is 1. The van der Waals surface area contributed by atoms with Gasteiger partial charge < -0.3 is 0 Å². The molecule has 0 saturated heterocycles. The van der Waals surface area contributed by atoms with Gasteiger partial charge in [-0.05, 0) is 47.9 Å². The summed E-state index contributed by atoms with van der Waals surface area (Å²) in [4.78, 5) is 0. The molecule has 0 spiro atoms. The quantitative estimate of drug-likeness (QED) is 0.637. The highest BCUT2D eigenvalue weighted by Gasteiger charge is 2.16. The normalized spacial score (nSPS) is 20.1. The summed E-state index contributed by atoms with van der Waals surface area (Å²) in [7, 11) is 0. The summed E-state index contributed by atoms with van der Waals surface area (Å²) in [5.74, 6) is 0. The number of nitriles is 1. The monoisotopic (exact) mass is 211 g/mol. The first kappa shape index (κ1) is 11.0. The molecule has 1 nitrogen and oxygen atoms in total. The van der Waals surface area contributed by atoms with Gasteiger partial charge in [0.2, 0.25) is 0 Å². The van der Waals surface area contributed by atoms with Gasteiger partial charge in [0.05, 0.1) is 11.6 Å². The summed E-state index contributed by atoms with van der Waals surface area (Å²) in [5, 5.41) is 8.89. The number of aryl methyl sites for hydroxylation is 1. The van der Waals surface area contributed by atoms with E-state index in [1.54, 1.807) is 0 Å². The van der Waals surface area contributed by atoms with Crippen molar-refractivity contribution in [2.75, 3.05) is 0 Å². The van der Waals surface area contributed by atoms with Crippen molar-refractivity contribution in [3.05, 3.63) is 41.0 Å². The largest absolute Gasteiger partial charge is 0.192 e. The Balaban J connectivity index is 2.43. The van der Waals surface area contributed by atoms with Crippen LogP contribution < -0.4 is 0 Å². The SMILES string of the molecule is CC1(C)/C=C\c2cc(C#N)ccc2CCC1. The van der Waals surface area contributed by atoms with E-state index in [4.69, 9.17) is 5.26 Å². The molecule has 1 aromatic carbocycles. The van der Waals surface area contributed by atoms with Gasteiger partial charge in [0.15, 0.2) is 0 Å². The lowest BCUT2D eigenvalue weighted by atomic mass is 9.83. The fourth-order valence-electron chi connectivity index (χ4n) is 2.18. The molecule has 0 bridgehead atoms. The highest BCUT2D eigenvalue weighted by atomic mass is 14.2. The molecule has 0 unspecified atom stereocenters. The van der Waals surface area contributed by atoms with Gasteiger partial charge in [-0.2, -0.15) is 5.26 Å². The van der Waals surface area contributed by atoms with Crippen molar-refractivity contribution in [1.82, 2.24) is 0 Å². The Labute approximate surface area is 97.4 Å². The van der Waals surface area contributed by atoms with Crippen LogP contribution in [0.5, 0.6) is 0 Å². The first-order chi connectivity index (χ1) is 7.61. The van der Waals surface area contributed by atoms with Gasteiger partial charge in [-0.25, -0.2) is 0 Å². The Morgan fingerprint density at radius 2 is 2.12 bits per heavy atom. The number of rotatable bonds is 0. The van der Waals surface area contributed by atoms with E-state index in [0.29, 0.717) is 0 Å². The van der Waals surface area contributed by atoms with Crippen LogP contribution in [0.15, 0.2) is 24.3 Å². The van der Waals surface area contributed by atoms with Crippen molar-refractivity contribution in [2.24, 2.45) is 5.41 Å². The van der Waals surface area contributed by atoms with E-state index in [0.717, 1.165) is 12.0 Å². The predicted molar refractivity (Wildman–Crippen MR) is 66.9 cm³/mol. The molecule has 2 rings (SSSR count). The molecule has 0 N–H and O–H groups in total. The van der Waals surface area contributed by atoms with Gasteiger partial charge in [0, 0.05) is 0 Å². The van der Waals surface area contributed by atoms with Crippen molar-refractivity contribution in [3.63, 3.8) is 0 Å². The molecule has 0 radical (unpaired) electrons. The van der Waals surface area contributed by atoms with E-state index in [2.05, 4.69) is 38.1 Å². The van der Waals surface area contributed by atoms with E-state index in [9.17, 15) is 0 Å². The topological polar surface area (TPSA) is 23.8 Å². The third-order valence-electron chi connectivity index (χ3n) is 3.26. The lowest BCUT2D eigenvalue weighted by Gasteiger charge is -2.22. The zero-order chi connectivity index (χ0) is 11.6. The van der Waals surface area contributed by atoms with E-state index in [1.165, 1.54) is 24.0 Å². The fraction of sp³-hybridized carbons (Fsp3) is 0.400. The minimum atomic E-state index is 0.278. The lowest BCUT2D eigenvalue weighted by molar-refractivity contribution is 0.422. The molecule has 16 heavy (non-hydrogen) atoms.